The zero-order valence-corrected chi connectivity index (χ0v) is 13.1. The van der Waals surface area contributed by atoms with Crippen molar-refractivity contribution in [3.8, 4) is 0 Å². The molecule has 2 N–H and O–H groups in total. The van der Waals surface area contributed by atoms with Crippen LogP contribution in [0.5, 0.6) is 0 Å². The van der Waals surface area contributed by atoms with Gasteiger partial charge in [-0.25, -0.2) is 0 Å². The Balaban J connectivity index is 0.00000125. The molecule has 0 spiro atoms. The summed E-state index contributed by atoms with van der Waals surface area (Å²) in [5.74, 6) is 0.684. The molecule has 0 heterocycles. The van der Waals surface area contributed by atoms with Crippen LogP contribution in [0.25, 0.3) is 32.3 Å². The quantitative estimate of drug-likeness (QED) is 0.492. The minimum absolute atomic E-state index is 0. The summed E-state index contributed by atoms with van der Waals surface area (Å²) in [4.78, 5) is 0. The number of hydrogen-bond acceptors (Lipinski definition) is 1. The van der Waals surface area contributed by atoms with Gasteiger partial charge in [-0.2, -0.15) is 0 Å². The predicted molar refractivity (Wildman–Crippen MR) is 97.0 cm³/mol. The minimum atomic E-state index is 0. The molecule has 22 heavy (non-hydrogen) atoms. The molecule has 0 aromatic heterocycles. The van der Waals surface area contributed by atoms with Crippen LogP contribution in [0.4, 0.5) is 0 Å². The van der Waals surface area contributed by atoms with E-state index in [1.54, 1.807) is 0 Å². The highest BCUT2D eigenvalue weighted by Gasteiger charge is 2.30. The summed E-state index contributed by atoms with van der Waals surface area (Å²) in [6.07, 6.45) is 2.56. The lowest BCUT2D eigenvalue weighted by Crippen LogP contribution is -2.12. The third-order valence-electron chi connectivity index (χ3n) is 5.05. The largest absolute Gasteiger partial charge is 0.324 e. The van der Waals surface area contributed by atoms with Gasteiger partial charge in [-0.1, -0.05) is 54.6 Å². The molecule has 0 unspecified atom stereocenters. The molecule has 1 aliphatic carbocycles. The van der Waals surface area contributed by atoms with Crippen molar-refractivity contribution < 1.29 is 0 Å². The Kier molecular flexibility index (Phi) is 3.04. The molecule has 1 atom stereocenters. The number of hydrogen-bond donors (Lipinski definition) is 1. The van der Waals surface area contributed by atoms with Crippen molar-refractivity contribution in [2.75, 3.05) is 0 Å². The summed E-state index contributed by atoms with van der Waals surface area (Å²) in [7, 11) is 0. The summed E-state index contributed by atoms with van der Waals surface area (Å²) < 4.78 is 0. The second-order valence-corrected chi connectivity index (χ2v) is 6.37. The van der Waals surface area contributed by atoms with Gasteiger partial charge < -0.3 is 5.73 Å². The zero-order chi connectivity index (χ0) is 14.0. The standard InChI is InChI=1S/C20H17N.ClH/c21-20(15-6-7-15)17-11-9-14-5-4-12-2-1-3-13-8-10-16(17)19(14)18(12)13;/h1-5,8-11,15,20H,6-7,21H2;1H/t20-;/m0./s1. The maximum Gasteiger partial charge on any atom is 0.0329 e. The van der Waals surface area contributed by atoms with E-state index in [1.165, 1.54) is 50.7 Å². The van der Waals surface area contributed by atoms with E-state index in [-0.39, 0.29) is 18.4 Å². The first kappa shape index (κ1) is 13.8. The molecule has 1 nitrogen and oxygen atoms in total. The fourth-order valence-electron chi connectivity index (χ4n) is 3.76. The lowest BCUT2D eigenvalue weighted by Gasteiger charge is -2.17. The third kappa shape index (κ3) is 1.83. The van der Waals surface area contributed by atoms with E-state index in [0.29, 0.717) is 5.92 Å². The number of rotatable bonds is 2. The Hall–Kier alpha value is -1.83. The van der Waals surface area contributed by atoms with Crippen LogP contribution in [-0.4, -0.2) is 0 Å². The molecule has 0 amide bonds. The molecule has 0 saturated heterocycles. The first-order valence-electron chi connectivity index (χ1n) is 7.75. The van der Waals surface area contributed by atoms with E-state index in [0.717, 1.165) is 0 Å². The maximum atomic E-state index is 6.50. The van der Waals surface area contributed by atoms with Gasteiger partial charge in [-0.05, 0) is 56.6 Å². The predicted octanol–water partition coefficient (Wildman–Crippen LogP) is 5.42. The molecule has 1 aliphatic rings. The molecule has 0 bridgehead atoms. The monoisotopic (exact) mass is 307 g/mol. The summed E-state index contributed by atoms with van der Waals surface area (Å²) in [6.45, 7) is 0. The molecule has 5 rings (SSSR count). The third-order valence-corrected chi connectivity index (χ3v) is 5.05. The highest BCUT2D eigenvalue weighted by atomic mass is 35.5. The molecule has 0 aliphatic heterocycles. The van der Waals surface area contributed by atoms with Gasteiger partial charge in [0.15, 0.2) is 0 Å². The van der Waals surface area contributed by atoms with Crippen molar-refractivity contribution in [2.45, 2.75) is 18.9 Å². The zero-order valence-electron chi connectivity index (χ0n) is 12.3. The molecule has 1 fully saturated rings. The highest BCUT2D eigenvalue weighted by Crippen LogP contribution is 2.43. The van der Waals surface area contributed by atoms with Gasteiger partial charge in [0.05, 0.1) is 0 Å². The van der Waals surface area contributed by atoms with Crippen molar-refractivity contribution in [1.82, 2.24) is 0 Å². The average molecular weight is 308 g/mol. The summed E-state index contributed by atoms with van der Waals surface area (Å²) in [5, 5.41) is 8.08. The normalized spacial score (nSPS) is 16.2. The lowest BCUT2D eigenvalue weighted by atomic mass is 9.89. The minimum Gasteiger partial charge on any atom is -0.324 e. The Morgan fingerprint density at radius 2 is 1.36 bits per heavy atom. The van der Waals surface area contributed by atoms with Crippen LogP contribution in [0.3, 0.4) is 0 Å². The molecule has 4 aromatic carbocycles. The van der Waals surface area contributed by atoms with Crippen LogP contribution in [0.2, 0.25) is 0 Å². The molecule has 0 radical (unpaired) electrons. The van der Waals surface area contributed by atoms with E-state index < -0.39 is 0 Å². The van der Waals surface area contributed by atoms with E-state index in [2.05, 4.69) is 54.6 Å². The number of halogens is 1. The van der Waals surface area contributed by atoms with Crippen LogP contribution in [0.1, 0.15) is 24.4 Å². The summed E-state index contributed by atoms with van der Waals surface area (Å²) in [6, 6.07) is 20.2. The first-order valence-corrected chi connectivity index (χ1v) is 7.75. The number of benzene rings is 4. The van der Waals surface area contributed by atoms with Crippen LogP contribution >= 0.6 is 12.4 Å². The maximum absolute atomic E-state index is 6.50. The second kappa shape index (κ2) is 4.84. The highest BCUT2D eigenvalue weighted by molar-refractivity contribution is 6.23. The van der Waals surface area contributed by atoms with Crippen molar-refractivity contribution in [3.05, 3.63) is 60.2 Å². The smallest absolute Gasteiger partial charge is 0.0329 e. The molecule has 2 heteroatoms. The van der Waals surface area contributed by atoms with Gasteiger partial charge in [0.1, 0.15) is 0 Å². The van der Waals surface area contributed by atoms with Gasteiger partial charge in [-0.3, -0.25) is 0 Å². The van der Waals surface area contributed by atoms with Crippen LogP contribution < -0.4 is 5.73 Å². The molecule has 4 aromatic rings. The van der Waals surface area contributed by atoms with Gasteiger partial charge in [0.2, 0.25) is 0 Å². The van der Waals surface area contributed by atoms with Crippen molar-refractivity contribution in [1.29, 1.82) is 0 Å². The Morgan fingerprint density at radius 1 is 0.773 bits per heavy atom. The van der Waals surface area contributed by atoms with Crippen LogP contribution in [-0.2, 0) is 0 Å². The van der Waals surface area contributed by atoms with Crippen LogP contribution in [0, 0.1) is 5.92 Å². The van der Waals surface area contributed by atoms with Gasteiger partial charge in [0.25, 0.3) is 0 Å². The Labute approximate surface area is 135 Å². The molecular formula is C20H18ClN. The topological polar surface area (TPSA) is 26.0 Å². The molecule has 110 valence electrons. The van der Waals surface area contributed by atoms with E-state index in [4.69, 9.17) is 5.73 Å². The fourth-order valence-corrected chi connectivity index (χ4v) is 3.76. The second-order valence-electron chi connectivity index (χ2n) is 6.37. The van der Waals surface area contributed by atoms with Crippen molar-refractivity contribution in [2.24, 2.45) is 11.7 Å². The Bertz CT molecular complexity index is 956. The average Bonchev–Trinajstić information content (AvgIpc) is 3.37. The van der Waals surface area contributed by atoms with Crippen molar-refractivity contribution in [3.63, 3.8) is 0 Å². The van der Waals surface area contributed by atoms with E-state index in [1.807, 2.05) is 0 Å². The molecule has 1 saturated carbocycles. The molecular weight excluding hydrogens is 290 g/mol. The number of nitrogens with two attached hydrogens (primary N) is 1. The lowest BCUT2D eigenvalue weighted by molar-refractivity contribution is 0.638. The van der Waals surface area contributed by atoms with Gasteiger partial charge >= 0.3 is 0 Å². The van der Waals surface area contributed by atoms with E-state index >= 15 is 0 Å². The van der Waals surface area contributed by atoms with Crippen molar-refractivity contribution >= 4 is 44.7 Å². The van der Waals surface area contributed by atoms with E-state index in [9.17, 15) is 0 Å². The first-order chi connectivity index (χ1) is 10.3. The van der Waals surface area contributed by atoms with Crippen LogP contribution in [0.15, 0.2) is 54.6 Å². The van der Waals surface area contributed by atoms with Gasteiger partial charge in [-0.15, -0.1) is 12.4 Å². The Morgan fingerprint density at radius 3 is 2.05 bits per heavy atom. The van der Waals surface area contributed by atoms with Gasteiger partial charge in [0, 0.05) is 6.04 Å². The SMILES string of the molecule is Cl.N[C@H](c1ccc2ccc3cccc4ccc1c2c34)C1CC1. The summed E-state index contributed by atoms with van der Waals surface area (Å²) in [5.41, 5.74) is 7.82. The fraction of sp³-hybridized carbons (Fsp3) is 0.200. The summed E-state index contributed by atoms with van der Waals surface area (Å²) >= 11 is 0.